The highest BCUT2D eigenvalue weighted by Crippen LogP contribution is 2.19. The summed E-state index contributed by atoms with van der Waals surface area (Å²) in [5.74, 6) is -3.03. The van der Waals surface area contributed by atoms with E-state index in [1.54, 1.807) is 13.8 Å². The summed E-state index contributed by atoms with van der Waals surface area (Å²) < 4.78 is 0. The van der Waals surface area contributed by atoms with Crippen molar-refractivity contribution in [2.24, 2.45) is 17.4 Å². The van der Waals surface area contributed by atoms with E-state index in [1.807, 2.05) is 36.6 Å². The van der Waals surface area contributed by atoms with Crippen LogP contribution in [0.3, 0.4) is 0 Å². The second-order valence-electron chi connectivity index (χ2n) is 10.9. The van der Waals surface area contributed by atoms with Gasteiger partial charge in [0.1, 0.15) is 30.2 Å². The Morgan fingerprint density at radius 3 is 2.21 bits per heavy atom. The monoisotopic (exact) mass is 619 g/mol. The fourth-order valence-corrected chi connectivity index (χ4v) is 5.28. The van der Waals surface area contributed by atoms with Crippen molar-refractivity contribution >= 4 is 47.2 Å². The van der Waals surface area contributed by atoms with Crippen molar-refractivity contribution < 1.29 is 28.8 Å². The highest BCUT2D eigenvalue weighted by molar-refractivity contribution is 7.98. The molecular formula is C29H45N7O6S. The van der Waals surface area contributed by atoms with Gasteiger partial charge in [0.2, 0.25) is 35.4 Å². The molecular weight excluding hydrogens is 574 g/mol. The van der Waals surface area contributed by atoms with Gasteiger partial charge in [-0.25, -0.2) is 0 Å². The minimum absolute atomic E-state index is 0.193. The SMILES string of the molecule is CSCC[C@H](NC(=O)[C@@H]1CCCN1C(=O)[C@H](C)NC(=O)CN)C(=O)N[C@H](C(=O)N[C@@H](Cc1ccccc1)C(N)=O)C(C)C. The van der Waals surface area contributed by atoms with Crippen LogP contribution in [0.15, 0.2) is 30.3 Å². The molecule has 1 fully saturated rings. The second-order valence-corrected chi connectivity index (χ2v) is 11.9. The van der Waals surface area contributed by atoms with Gasteiger partial charge in [0.15, 0.2) is 0 Å². The number of carbonyl (C=O) groups is 6. The Hall–Kier alpha value is -3.65. The predicted molar refractivity (Wildman–Crippen MR) is 164 cm³/mol. The average Bonchev–Trinajstić information content (AvgIpc) is 3.47. The quantitative estimate of drug-likeness (QED) is 0.135. The Labute approximate surface area is 257 Å². The minimum Gasteiger partial charge on any atom is -0.368 e. The van der Waals surface area contributed by atoms with E-state index in [9.17, 15) is 28.8 Å². The third kappa shape index (κ3) is 10.8. The molecule has 238 valence electrons. The molecule has 6 amide bonds. The Kier molecular flexibility index (Phi) is 14.4. The fourth-order valence-electron chi connectivity index (χ4n) is 4.81. The third-order valence-corrected chi connectivity index (χ3v) is 7.85. The highest BCUT2D eigenvalue weighted by Gasteiger charge is 2.38. The molecule has 1 saturated heterocycles. The topological polar surface area (TPSA) is 206 Å². The number of hydrogen-bond donors (Lipinski definition) is 6. The van der Waals surface area contributed by atoms with Crippen LogP contribution in [-0.2, 0) is 35.2 Å². The number of benzene rings is 1. The lowest BCUT2D eigenvalue weighted by atomic mass is 10.0. The Bertz CT molecular complexity index is 1140. The van der Waals surface area contributed by atoms with Gasteiger partial charge in [0, 0.05) is 13.0 Å². The van der Waals surface area contributed by atoms with Crippen molar-refractivity contribution in [1.29, 1.82) is 0 Å². The van der Waals surface area contributed by atoms with Gasteiger partial charge in [-0.05, 0) is 49.7 Å². The van der Waals surface area contributed by atoms with E-state index in [4.69, 9.17) is 11.5 Å². The molecule has 0 aromatic heterocycles. The maximum atomic E-state index is 13.5. The van der Waals surface area contributed by atoms with E-state index < -0.39 is 65.7 Å². The Balaban J connectivity index is 2.13. The van der Waals surface area contributed by atoms with Crippen molar-refractivity contribution in [2.75, 3.05) is 25.1 Å². The van der Waals surface area contributed by atoms with E-state index >= 15 is 0 Å². The molecule has 1 aromatic rings. The molecule has 13 nitrogen and oxygen atoms in total. The summed E-state index contributed by atoms with van der Waals surface area (Å²) in [5.41, 5.74) is 11.7. The third-order valence-electron chi connectivity index (χ3n) is 7.20. The van der Waals surface area contributed by atoms with Crippen LogP contribution in [-0.4, -0.2) is 95.7 Å². The second kappa shape index (κ2) is 17.5. The summed E-state index contributed by atoms with van der Waals surface area (Å²) in [6.45, 7) is 5.10. The summed E-state index contributed by atoms with van der Waals surface area (Å²) in [5, 5.41) is 10.7. The normalized spacial score (nSPS) is 17.3. The number of thioether (sulfide) groups is 1. The zero-order chi connectivity index (χ0) is 32.1. The molecule has 1 aliphatic rings. The molecule has 0 bridgehead atoms. The van der Waals surface area contributed by atoms with Crippen LogP contribution in [0.2, 0.25) is 0 Å². The summed E-state index contributed by atoms with van der Waals surface area (Å²) in [4.78, 5) is 78.2. The lowest BCUT2D eigenvalue weighted by molar-refractivity contribution is -0.141. The van der Waals surface area contributed by atoms with E-state index in [-0.39, 0.29) is 25.3 Å². The molecule has 0 aliphatic carbocycles. The zero-order valence-electron chi connectivity index (χ0n) is 25.3. The predicted octanol–water partition coefficient (Wildman–Crippen LogP) is -0.968. The molecule has 0 unspecified atom stereocenters. The lowest BCUT2D eigenvalue weighted by Crippen LogP contribution is -2.59. The number of nitrogens with zero attached hydrogens (tertiary/aromatic N) is 1. The summed E-state index contributed by atoms with van der Waals surface area (Å²) in [6.07, 6.45) is 3.33. The molecule has 0 spiro atoms. The number of carbonyl (C=O) groups excluding carboxylic acids is 6. The number of nitrogens with one attached hydrogen (secondary N) is 4. The number of hydrogen-bond acceptors (Lipinski definition) is 8. The Morgan fingerprint density at radius 2 is 1.63 bits per heavy atom. The zero-order valence-corrected chi connectivity index (χ0v) is 26.1. The molecule has 43 heavy (non-hydrogen) atoms. The van der Waals surface area contributed by atoms with Gasteiger partial charge < -0.3 is 37.6 Å². The summed E-state index contributed by atoms with van der Waals surface area (Å²) in [6, 6.07) is 4.47. The molecule has 0 saturated carbocycles. The van der Waals surface area contributed by atoms with Crippen molar-refractivity contribution in [1.82, 2.24) is 26.2 Å². The number of likely N-dealkylation sites (tertiary alicyclic amines) is 1. The molecule has 1 aliphatic heterocycles. The highest BCUT2D eigenvalue weighted by atomic mass is 32.2. The largest absolute Gasteiger partial charge is 0.368 e. The summed E-state index contributed by atoms with van der Waals surface area (Å²) in [7, 11) is 0. The van der Waals surface area contributed by atoms with Gasteiger partial charge >= 0.3 is 0 Å². The molecule has 5 atom stereocenters. The average molecular weight is 620 g/mol. The smallest absolute Gasteiger partial charge is 0.245 e. The van der Waals surface area contributed by atoms with Gasteiger partial charge in [0.05, 0.1) is 6.54 Å². The van der Waals surface area contributed by atoms with Gasteiger partial charge in [-0.15, -0.1) is 0 Å². The van der Waals surface area contributed by atoms with Crippen molar-refractivity contribution in [3.8, 4) is 0 Å². The van der Waals surface area contributed by atoms with Gasteiger partial charge in [-0.2, -0.15) is 11.8 Å². The summed E-state index contributed by atoms with van der Waals surface area (Å²) >= 11 is 1.49. The maximum Gasteiger partial charge on any atom is 0.245 e. The first-order valence-corrected chi connectivity index (χ1v) is 15.8. The van der Waals surface area contributed by atoms with Crippen LogP contribution < -0.4 is 32.7 Å². The maximum absolute atomic E-state index is 13.5. The van der Waals surface area contributed by atoms with E-state index in [2.05, 4.69) is 21.3 Å². The van der Waals surface area contributed by atoms with Crippen LogP contribution in [0.1, 0.15) is 45.6 Å². The lowest BCUT2D eigenvalue weighted by Gasteiger charge is -2.30. The van der Waals surface area contributed by atoms with Crippen molar-refractivity contribution in [3.05, 3.63) is 35.9 Å². The molecule has 1 aromatic carbocycles. The number of nitrogens with two attached hydrogens (primary N) is 2. The van der Waals surface area contributed by atoms with E-state index in [0.29, 0.717) is 25.1 Å². The Morgan fingerprint density at radius 1 is 0.953 bits per heavy atom. The molecule has 2 rings (SSSR count). The fraction of sp³-hybridized carbons (Fsp3) is 0.586. The van der Waals surface area contributed by atoms with Gasteiger partial charge in [-0.3, -0.25) is 28.8 Å². The van der Waals surface area contributed by atoms with Crippen LogP contribution >= 0.6 is 11.8 Å². The number of amides is 6. The molecule has 8 N–H and O–H groups in total. The van der Waals surface area contributed by atoms with Crippen LogP contribution in [0.5, 0.6) is 0 Å². The van der Waals surface area contributed by atoms with E-state index in [0.717, 1.165) is 5.56 Å². The van der Waals surface area contributed by atoms with E-state index in [1.165, 1.54) is 23.6 Å². The molecule has 1 heterocycles. The minimum atomic E-state index is -1.00. The molecule has 0 radical (unpaired) electrons. The van der Waals surface area contributed by atoms with Gasteiger partial charge in [-0.1, -0.05) is 44.2 Å². The van der Waals surface area contributed by atoms with Crippen molar-refractivity contribution in [3.63, 3.8) is 0 Å². The van der Waals surface area contributed by atoms with Crippen LogP contribution in [0, 0.1) is 5.92 Å². The van der Waals surface area contributed by atoms with Crippen LogP contribution in [0.25, 0.3) is 0 Å². The van der Waals surface area contributed by atoms with Crippen LogP contribution in [0.4, 0.5) is 0 Å². The standard InChI is InChI=1S/C29H45N7O6S/c1-17(2)24(28(41)34-21(25(31)38)15-19-9-6-5-7-10-19)35-26(39)20(12-14-43-4)33-27(40)22-11-8-13-36(22)29(42)18(3)32-23(37)16-30/h5-7,9-10,17-18,20-22,24H,8,11-16,30H2,1-4H3,(H2,31,38)(H,32,37)(H,33,40)(H,34,41)(H,35,39)/t18-,20-,21-,22-,24-/m0/s1. The van der Waals surface area contributed by atoms with Gasteiger partial charge in [0.25, 0.3) is 0 Å². The first-order chi connectivity index (χ1) is 20.4. The number of rotatable bonds is 16. The number of primary amides is 1. The molecule has 14 heteroatoms. The first kappa shape index (κ1) is 35.5. The van der Waals surface area contributed by atoms with Crippen molar-refractivity contribution in [2.45, 2.75) is 76.7 Å². The first-order valence-electron chi connectivity index (χ1n) is 14.4.